The molecule has 0 radical (unpaired) electrons. The molecule has 0 spiro atoms. The molecule has 9 nitrogen and oxygen atoms in total. The highest BCUT2D eigenvalue weighted by Gasteiger charge is 2.37. The minimum Gasteiger partial charge on any atom is -0.467 e. The number of aryl methyl sites for hydroxylation is 1. The van der Waals surface area contributed by atoms with E-state index in [2.05, 4.69) is 5.32 Å². The van der Waals surface area contributed by atoms with Crippen molar-refractivity contribution < 1.29 is 37.3 Å². The molecule has 0 unspecified atom stereocenters. The van der Waals surface area contributed by atoms with Gasteiger partial charge in [0, 0.05) is 70.2 Å². The summed E-state index contributed by atoms with van der Waals surface area (Å²) in [6, 6.07) is 8.86. The number of halogens is 2. The first kappa shape index (κ1) is 28.5. The van der Waals surface area contributed by atoms with Crippen LogP contribution in [-0.4, -0.2) is 75.0 Å². The number of fused-ring (bicyclic) bond motifs is 1. The lowest BCUT2D eigenvalue weighted by molar-refractivity contribution is -0.111. The van der Waals surface area contributed by atoms with Gasteiger partial charge < -0.3 is 29.2 Å². The molecule has 2 heterocycles. The number of hydrogen-bond acceptors (Lipinski definition) is 7. The number of benzene rings is 2. The Hall–Kier alpha value is -3.54. The molecule has 2 aromatic carbocycles. The lowest BCUT2D eigenvalue weighted by Crippen LogP contribution is -2.26. The van der Waals surface area contributed by atoms with E-state index in [0.717, 1.165) is 16.7 Å². The predicted molar refractivity (Wildman–Crippen MR) is 140 cm³/mol. The molecule has 1 N–H and O–H groups in total. The van der Waals surface area contributed by atoms with E-state index in [1.54, 1.807) is 34.1 Å². The van der Waals surface area contributed by atoms with Gasteiger partial charge in [-0.05, 0) is 30.2 Å². The van der Waals surface area contributed by atoms with Crippen LogP contribution in [0.4, 0.5) is 14.5 Å². The van der Waals surface area contributed by atoms with E-state index >= 15 is 0 Å². The molecular formula is C28H33F2N3O6. The Balaban J connectivity index is 1.44. The maximum Gasteiger partial charge on any atom is 0.261 e. The Labute approximate surface area is 226 Å². The number of anilines is 1. The Morgan fingerprint density at radius 1 is 1.08 bits per heavy atom. The molecule has 0 atom stereocenters. The van der Waals surface area contributed by atoms with Crippen molar-refractivity contribution in [3.63, 3.8) is 0 Å². The summed E-state index contributed by atoms with van der Waals surface area (Å²) in [5.41, 5.74) is 3.46. The van der Waals surface area contributed by atoms with Crippen molar-refractivity contribution in [1.29, 1.82) is 0 Å². The summed E-state index contributed by atoms with van der Waals surface area (Å²) in [6.07, 6.45) is 2.77. The largest absolute Gasteiger partial charge is 0.467 e. The normalized spacial score (nSPS) is 16.5. The van der Waals surface area contributed by atoms with Gasteiger partial charge >= 0.3 is 0 Å². The van der Waals surface area contributed by atoms with Gasteiger partial charge in [-0.2, -0.15) is 0 Å². The molecule has 1 fully saturated rings. The molecule has 2 aliphatic rings. The van der Waals surface area contributed by atoms with Crippen molar-refractivity contribution in [2.75, 3.05) is 52.8 Å². The Morgan fingerprint density at radius 2 is 1.82 bits per heavy atom. The molecule has 2 aromatic rings. The molecule has 0 saturated carbocycles. The zero-order valence-corrected chi connectivity index (χ0v) is 22.3. The molecule has 1 saturated heterocycles. The van der Waals surface area contributed by atoms with Crippen molar-refractivity contribution in [3.8, 4) is 11.5 Å². The van der Waals surface area contributed by atoms with Crippen LogP contribution >= 0.6 is 0 Å². The number of nitrogens with zero attached hydrogens (tertiary/aromatic N) is 2. The van der Waals surface area contributed by atoms with Crippen LogP contribution in [0, 0.1) is 6.92 Å². The Bertz CT molecular complexity index is 1240. The number of carbonyl (C=O) groups is 2. The van der Waals surface area contributed by atoms with Crippen LogP contribution in [0.5, 0.6) is 11.5 Å². The van der Waals surface area contributed by atoms with Gasteiger partial charge in [0.15, 0.2) is 13.6 Å². The predicted octanol–water partition coefficient (Wildman–Crippen LogP) is 3.95. The summed E-state index contributed by atoms with van der Waals surface area (Å²) >= 11 is 0. The van der Waals surface area contributed by atoms with Gasteiger partial charge in [-0.1, -0.05) is 18.2 Å². The number of methoxy groups -OCH3 is 2. The van der Waals surface area contributed by atoms with Crippen molar-refractivity contribution >= 4 is 17.5 Å². The van der Waals surface area contributed by atoms with E-state index in [1.807, 2.05) is 19.1 Å². The van der Waals surface area contributed by atoms with Crippen LogP contribution in [0.3, 0.4) is 0 Å². The number of ether oxygens (including phenoxy) is 4. The fraction of sp³-hybridized carbons (Fsp3) is 0.429. The van der Waals surface area contributed by atoms with Gasteiger partial charge in [0.1, 0.15) is 11.5 Å². The second-order valence-corrected chi connectivity index (χ2v) is 9.55. The summed E-state index contributed by atoms with van der Waals surface area (Å²) in [6.45, 7) is 2.78. The lowest BCUT2D eigenvalue weighted by Gasteiger charge is -2.20. The van der Waals surface area contributed by atoms with Crippen molar-refractivity contribution in [2.24, 2.45) is 0 Å². The van der Waals surface area contributed by atoms with Gasteiger partial charge in [-0.25, -0.2) is 8.78 Å². The van der Waals surface area contributed by atoms with Crippen LogP contribution in [0.1, 0.15) is 33.5 Å². The topological polar surface area (TPSA) is 89.6 Å². The quantitative estimate of drug-likeness (QED) is 0.338. The molecule has 4 rings (SSSR count). The van der Waals surface area contributed by atoms with E-state index in [-0.39, 0.29) is 44.9 Å². The molecule has 0 aromatic heterocycles. The van der Waals surface area contributed by atoms with E-state index in [4.69, 9.17) is 18.9 Å². The number of carbonyl (C=O) groups excluding carboxylic acids is 2. The summed E-state index contributed by atoms with van der Waals surface area (Å²) in [4.78, 5) is 29.4. The highest BCUT2D eigenvalue weighted by atomic mass is 19.3. The SMILES string of the molecule is COCOc1cc(OCOC)c(C(=O)N2Cc3cccc(NC(=O)/C=C/CN4CCC(F)(F)C4)c3C2)cc1C. The molecule has 210 valence electrons. The third-order valence-electron chi connectivity index (χ3n) is 6.58. The Morgan fingerprint density at radius 3 is 2.51 bits per heavy atom. The monoisotopic (exact) mass is 545 g/mol. The number of hydrogen-bond donors (Lipinski definition) is 1. The summed E-state index contributed by atoms with van der Waals surface area (Å²) in [5, 5.41) is 2.86. The van der Waals surface area contributed by atoms with Crippen LogP contribution in [-0.2, 0) is 27.4 Å². The number of nitrogens with one attached hydrogen (secondary N) is 1. The lowest BCUT2D eigenvalue weighted by atomic mass is 10.1. The van der Waals surface area contributed by atoms with Crippen LogP contribution in [0.2, 0.25) is 0 Å². The van der Waals surface area contributed by atoms with Crippen molar-refractivity contribution in [2.45, 2.75) is 32.4 Å². The summed E-state index contributed by atoms with van der Waals surface area (Å²) in [7, 11) is 3.01. The minimum absolute atomic E-state index is 0.0445. The van der Waals surface area contributed by atoms with Crippen LogP contribution in [0.15, 0.2) is 42.5 Å². The van der Waals surface area contributed by atoms with E-state index in [9.17, 15) is 18.4 Å². The van der Waals surface area contributed by atoms with Gasteiger partial charge in [0.2, 0.25) is 5.91 Å². The third kappa shape index (κ3) is 7.11. The van der Waals surface area contributed by atoms with Crippen molar-refractivity contribution in [1.82, 2.24) is 9.80 Å². The molecule has 2 aliphatic heterocycles. The first-order chi connectivity index (χ1) is 18.7. The number of alkyl halides is 2. The smallest absolute Gasteiger partial charge is 0.261 e. The number of likely N-dealkylation sites (tertiary alicyclic amines) is 1. The van der Waals surface area contributed by atoms with Gasteiger partial charge in [-0.15, -0.1) is 0 Å². The molecule has 2 amide bonds. The third-order valence-corrected chi connectivity index (χ3v) is 6.58. The standard InChI is InChI=1S/C28H33F2N3O6/c1-19-12-21(25(39-18-37-3)13-24(19)38-17-36-2)27(35)33-14-20-6-4-7-23(22(20)15-33)31-26(34)8-5-10-32-11-9-28(29,30)16-32/h4-8,12-13H,9-11,14-18H2,1-3H3,(H,31,34)/b8-5+. The van der Waals surface area contributed by atoms with E-state index in [0.29, 0.717) is 42.4 Å². The number of amides is 2. The molecule has 39 heavy (non-hydrogen) atoms. The highest BCUT2D eigenvalue weighted by molar-refractivity contribution is 6.01. The van der Waals surface area contributed by atoms with Gasteiger partial charge in [-0.3, -0.25) is 14.5 Å². The second-order valence-electron chi connectivity index (χ2n) is 9.55. The molecule has 11 heteroatoms. The van der Waals surface area contributed by atoms with Crippen LogP contribution < -0.4 is 14.8 Å². The summed E-state index contributed by atoms with van der Waals surface area (Å²) < 4.78 is 48.0. The molecular weight excluding hydrogens is 512 g/mol. The van der Waals surface area contributed by atoms with Crippen LogP contribution in [0.25, 0.3) is 0 Å². The van der Waals surface area contributed by atoms with Crippen molar-refractivity contribution in [3.05, 3.63) is 64.7 Å². The Kier molecular flexibility index (Phi) is 9.16. The minimum atomic E-state index is -2.67. The molecule has 0 bridgehead atoms. The average Bonchev–Trinajstić information content (AvgIpc) is 3.50. The fourth-order valence-electron chi connectivity index (χ4n) is 4.66. The second kappa shape index (κ2) is 12.5. The van der Waals surface area contributed by atoms with E-state index < -0.39 is 5.92 Å². The average molecular weight is 546 g/mol. The zero-order valence-electron chi connectivity index (χ0n) is 22.3. The van der Waals surface area contributed by atoms with Gasteiger partial charge in [0.25, 0.3) is 11.8 Å². The zero-order chi connectivity index (χ0) is 28.0. The number of rotatable bonds is 11. The maximum absolute atomic E-state index is 13.6. The van der Waals surface area contributed by atoms with E-state index in [1.165, 1.54) is 20.3 Å². The molecule has 0 aliphatic carbocycles. The first-order valence-electron chi connectivity index (χ1n) is 12.6. The summed E-state index contributed by atoms with van der Waals surface area (Å²) in [5.74, 6) is -2.42. The highest BCUT2D eigenvalue weighted by Crippen LogP contribution is 2.34. The first-order valence-corrected chi connectivity index (χ1v) is 12.6. The van der Waals surface area contributed by atoms with Gasteiger partial charge in [0.05, 0.1) is 12.1 Å². The maximum atomic E-state index is 13.6. The fourth-order valence-corrected chi connectivity index (χ4v) is 4.66.